The standard InChI is InChI=1S/C12H11BrN2O5S/c1-6-10(12(16)17)11(7(2)20-6)21(18,19)15-9-4-3-8(13)5-14-9/h3-5H,1-2H3,(H,14,15)(H,16,17). The Kier molecular flexibility index (Phi) is 4.06. The second-order valence-electron chi connectivity index (χ2n) is 4.19. The van der Waals surface area contributed by atoms with Crippen LogP contribution in [0.5, 0.6) is 0 Å². The van der Waals surface area contributed by atoms with Gasteiger partial charge < -0.3 is 9.52 Å². The highest BCUT2D eigenvalue weighted by atomic mass is 79.9. The SMILES string of the molecule is Cc1oc(C)c(S(=O)(=O)Nc2ccc(Br)cn2)c1C(=O)O. The van der Waals surface area contributed by atoms with Crippen LogP contribution in [0, 0.1) is 13.8 Å². The third kappa shape index (κ3) is 3.08. The molecule has 7 nitrogen and oxygen atoms in total. The molecule has 2 N–H and O–H groups in total. The number of pyridine rings is 1. The molecule has 0 radical (unpaired) electrons. The molecule has 0 saturated carbocycles. The summed E-state index contributed by atoms with van der Waals surface area (Å²) >= 11 is 3.18. The van der Waals surface area contributed by atoms with Crippen molar-refractivity contribution in [3.8, 4) is 0 Å². The van der Waals surface area contributed by atoms with Gasteiger partial charge in [-0.3, -0.25) is 4.72 Å². The summed E-state index contributed by atoms with van der Waals surface area (Å²) in [5, 5.41) is 9.15. The lowest BCUT2D eigenvalue weighted by atomic mass is 10.2. The second-order valence-corrected chi connectivity index (χ2v) is 6.73. The molecule has 2 heterocycles. The maximum Gasteiger partial charge on any atom is 0.340 e. The fourth-order valence-electron chi connectivity index (χ4n) is 1.86. The summed E-state index contributed by atoms with van der Waals surface area (Å²) in [7, 11) is -4.11. The van der Waals surface area contributed by atoms with Gasteiger partial charge >= 0.3 is 5.97 Å². The largest absolute Gasteiger partial charge is 0.478 e. The molecular formula is C12H11BrN2O5S. The minimum atomic E-state index is -4.11. The molecule has 0 aromatic carbocycles. The van der Waals surface area contributed by atoms with Gasteiger partial charge in [-0.05, 0) is 41.9 Å². The fraction of sp³-hybridized carbons (Fsp3) is 0.167. The van der Waals surface area contributed by atoms with Crippen molar-refractivity contribution in [3.63, 3.8) is 0 Å². The number of hydrogen-bond acceptors (Lipinski definition) is 5. The Labute approximate surface area is 129 Å². The first kappa shape index (κ1) is 15.5. The zero-order chi connectivity index (χ0) is 15.8. The molecule has 0 aliphatic rings. The number of aromatic carboxylic acids is 1. The Balaban J connectivity index is 2.50. The molecule has 0 unspecified atom stereocenters. The monoisotopic (exact) mass is 374 g/mol. The van der Waals surface area contributed by atoms with Crippen LogP contribution < -0.4 is 4.72 Å². The third-order valence-electron chi connectivity index (χ3n) is 2.65. The van der Waals surface area contributed by atoms with Crippen molar-refractivity contribution in [2.24, 2.45) is 0 Å². The van der Waals surface area contributed by atoms with Crippen LogP contribution in [0.15, 0.2) is 32.1 Å². The van der Waals surface area contributed by atoms with Crippen molar-refractivity contribution in [1.82, 2.24) is 4.98 Å². The van der Waals surface area contributed by atoms with Crippen LogP contribution >= 0.6 is 15.9 Å². The van der Waals surface area contributed by atoms with Gasteiger partial charge in [-0.1, -0.05) is 0 Å². The predicted molar refractivity (Wildman–Crippen MR) is 77.9 cm³/mol. The minimum Gasteiger partial charge on any atom is -0.478 e. The summed E-state index contributed by atoms with van der Waals surface area (Å²) in [6.07, 6.45) is 1.42. The molecule has 0 saturated heterocycles. The molecule has 0 atom stereocenters. The van der Waals surface area contributed by atoms with E-state index in [9.17, 15) is 13.2 Å². The van der Waals surface area contributed by atoms with Crippen molar-refractivity contribution >= 4 is 37.7 Å². The number of furan rings is 1. The number of carbonyl (C=O) groups is 1. The first-order valence-corrected chi connectivity index (χ1v) is 7.97. The number of rotatable bonds is 4. The fourth-order valence-corrected chi connectivity index (χ4v) is 3.51. The van der Waals surface area contributed by atoms with Gasteiger partial charge in [0.25, 0.3) is 10.0 Å². The first-order chi connectivity index (χ1) is 9.72. The van der Waals surface area contributed by atoms with E-state index in [0.717, 1.165) is 0 Å². The zero-order valence-electron chi connectivity index (χ0n) is 11.0. The quantitative estimate of drug-likeness (QED) is 0.850. The van der Waals surface area contributed by atoms with Crippen molar-refractivity contribution in [1.29, 1.82) is 0 Å². The summed E-state index contributed by atoms with van der Waals surface area (Å²) < 4.78 is 32.8. The Morgan fingerprint density at radius 1 is 1.33 bits per heavy atom. The number of anilines is 1. The van der Waals surface area contributed by atoms with Crippen LogP contribution in [0.4, 0.5) is 5.82 Å². The number of halogens is 1. The predicted octanol–water partition coefficient (Wildman–Crippen LogP) is 2.55. The molecule has 0 aliphatic carbocycles. The normalized spacial score (nSPS) is 11.4. The molecule has 9 heteroatoms. The molecule has 2 rings (SSSR count). The van der Waals surface area contributed by atoms with Gasteiger partial charge in [0.2, 0.25) is 0 Å². The van der Waals surface area contributed by atoms with Gasteiger partial charge in [0, 0.05) is 10.7 Å². The highest BCUT2D eigenvalue weighted by Crippen LogP contribution is 2.28. The van der Waals surface area contributed by atoms with E-state index in [0.29, 0.717) is 4.47 Å². The molecule has 2 aromatic rings. The number of carboxylic acids is 1. The van der Waals surface area contributed by atoms with Crippen molar-refractivity contribution < 1.29 is 22.7 Å². The minimum absolute atomic E-state index is 0.00881. The summed E-state index contributed by atoms with van der Waals surface area (Å²) in [5.74, 6) is -1.25. The smallest absolute Gasteiger partial charge is 0.340 e. The van der Waals surface area contributed by atoms with Gasteiger partial charge in [0.05, 0.1) is 0 Å². The Hall–Kier alpha value is -1.87. The molecular weight excluding hydrogens is 364 g/mol. The number of hydrogen-bond donors (Lipinski definition) is 2. The number of aryl methyl sites for hydroxylation is 2. The summed E-state index contributed by atoms with van der Waals surface area (Å²) in [5.41, 5.74) is -0.378. The number of carboxylic acid groups (broad SMARTS) is 1. The van der Waals surface area contributed by atoms with E-state index in [-0.39, 0.29) is 22.9 Å². The first-order valence-electron chi connectivity index (χ1n) is 5.70. The summed E-state index contributed by atoms with van der Waals surface area (Å²) in [6, 6.07) is 3.06. The van der Waals surface area contributed by atoms with Crippen LogP contribution in [0.3, 0.4) is 0 Å². The van der Waals surface area contributed by atoms with E-state index in [2.05, 4.69) is 25.6 Å². The number of aromatic nitrogens is 1. The van der Waals surface area contributed by atoms with Crippen LogP contribution in [0.25, 0.3) is 0 Å². The molecule has 2 aromatic heterocycles. The Bertz CT molecular complexity index is 796. The average Bonchev–Trinajstić information content (AvgIpc) is 2.67. The van der Waals surface area contributed by atoms with Gasteiger partial charge in [-0.25, -0.2) is 18.2 Å². The lowest BCUT2D eigenvalue weighted by Crippen LogP contribution is -2.17. The molecule has 0 amide bonds. The number of nitrogens with zero attached hydrogens (tertiary/aromatic N) is 1. The second kappa shape index (κ2) is 5.49. The van der Waals surface area contributed by atoms with Gasteiger partial charge in [-0.15, -0.1) is 0 Å². The third-order valence-corrected chi connectivity index (χ3v) is 4.63. The zero-order valence-corrected chi connectivity index (χ0v) is 13.4. The van der Waals surface area contributed by atoms with E-state index in [4.69, 9.17) is 9.52 Å². The van der Waals surface area contributed by atoms with Gasteiger partial charge in [0.1, 0.15) is 27.8 Å². The average molecular weight is 375 g/mol. The van der Waals surface area contributed by atoms with E-state index in [1.165, 1.54) is 26.1 Å². The van der Waals surface area contributed by atoms with E-state index >= 15 is 0 Å². The maximum absolute atomic E-state index is 12.4. The van der Waals surface area contributed by atoms with Crippen LogP contribution in [0.1, 0.15) is 21.9 Å². The summed E-state index contributed by atoms with van der Waals surface area (Å²) in [4.78, 5) is 14.7. The molecule has 0 spiro atoms. The van der Waals surface area contributed by atoms with Crippen LogP contribution in [0.2, 0.25) is 0 Å². The summed E-state index contributed by atoms with van der Waals surface area (Å²) in [6.45, 7) is 2.79. The van der Waals surface area contributed by atoms with Crippen LogP contribution in [-0.2, 0) is 10.0 Å². The lowest BCUT2D eigenvalue weighted by Gasteiger charge is -2.07. The van der Waals surface area contributed by atoms with E-state index in [1.807, 2.05) is 0 Å². The number of nitrogens with one attached hydrogen (secondary N) is 1. The lowest BCUT2D eigenvalue weighted by molar-refractivity contribution is 0.0691. The van der Waals surface area contributed by atoms with Gasteiger partial charge in [-0.2, -0.15) is 0 Å². The van der Waals surface area contributed by atoms with E-state index < -0.39 is 20.9 Å². The van der Waals surface area contributed by atoms with Crippen molar-refractivity contribution in [2.75, 3.05) is 4.72 Å². The molecule has 0 bridgehead atoms. The number of sulfonamides is 1. The van der Waals surface area contributed by atoms with Crippen molar-refractivity contribution in [3.05, 3.63) is 39.9 Å². The van der Waals surface area contributed by atoms with Crippen molar-refractivity contribution in [2.45, 2.75) is 18.7 Å². The van der Waals surface area contributed by atoms with Gasteiger partial charge in [0.15, 0.2) is 0 Å². The van der Waals surface area contributed by atoms with E-state index in [1.54, 1.807) is 6.07 Å². The Morgan fingerprint density at radius 3 is 2.52 bits per heavy atom. The Morgan fingerprint density at radius 2 is 2.00 bits per heavy atom. The maximum atomic E-state index is 12.4. The highest BCUT2D eigenvalue weighted by Gasteiger charge is 2.31. The molecule has 0 fully saturated rings. The highest BCUT2D eigenvalue weighted by molar-refractivity contribution is 9.10. The molecule has 112 valence electrons. The molecule has 21 heavy (non-hydrogen) atoms. The topological polar surface area (TPSA) is 110 Å². The molecule has 0 aliphatic heterocycles. The van der Waals surface area contributed by atoms with Crippen LogP contribution in [-0.4, -0.2) is 24.5 Å².